The van der Waals surface area contributed by atoms with Crippen molar-refractivity contribution in [2.45, 2.75) is 44.2 Å². The molecule has 8 rings (SSSR count). The van der Waals surface area contributed by atoms with Crippen molar-refractivity contribution in [2.24, 2.45) is 71.0 Å². The first-order valence-electron chi connectivity index (χ1n) is 18.1. The summed E-state index contributed by atoms with van der Waals surface area (Å²) in [6, 6.07) is 0. The third kappa shape index (κ3) is 7.73. The van der Waals surface area contributed by atoms with E-state index in [1.165, 1.54) is 27.4 Å². The Morgan fingerprint density at radius 2 is 1.07 bits per heavy atom. The zero-order valence-electron chi connectivity index (χ0n) is 31.2. The number of hydrogen-bond acceptors (Lipinski definition) is 16. The lowest BCUT2D eigenvalue weighted by Crippen LogP contribution is -2.34. The first kappa shape index (κ1) is 41.8. The molecule has 0 N–H and O–H groups in total. The molecule has 16 atom stereocenters. The van der Waals surface area contributed by atoms with Gasteiger partial charge < -0.3 is 33.2 Å². The Kier molecular flexibility index (Phi) is 13.2. The summed E-state index contributed by atoms with van der Waals surface area (Å²) in [5.74, 6) is -5.27. The highest BCUT2D eigenvalue weighted by atomic mass is 16.6. The highest BCUT2D eigenvalue weighted by Crippen LogP contribution is 2.49. The molecule has 16 heteroatoms. The quantitative estimate of drug-likeness (QED) is 0.156. The SMILES string of the molecule is C=CC1CC(C=CC2OC(C=C)C3C(=O)OC(=O)C23)C(C(=O)OC)C1C.COC(=O)C1C2C=CC(C2)C1C(=O)OC.O=C1OC(=O)C2C3C=CC(O3)C12.O=C=O. The van der Waals surface area contributed by atoms with Crippen LogP contribution in [-0.2, 0) is 76.3 Å². The van der Waals surface area contributed by atoms with Crippen molar-refractivity contribution in [3.8, 4) is 0 Å². The lowest BCUT2D eigenvalue weighted by molar-refractivity contribution is -0.192. The molecular weight excluding hydrogens is 736 g/mol. The number of allylic oxidation sites excluding steroid dienone is 4. The van der Waals surface area contributed by atoms with E-state index in [-0.39, 0.29) is 95.4 Å². The molecule has 16 nitrogen and oxygen atoms in total. The highest BCUT2D eigenvalue weighted by Gasteiger charge is 2.60. The number of carbonyl (C=O) groups is 7. The molecule has 0 aromatic heterocycles. The van der Waals surface area contributed by atoms with Crippen molar-refractivity contribution >= 4 is 47.9 Å². The number of hydrogen-bond donors (Lipinski definition) is 0. The van der Waals surface area contributed by atoms with E-state index in [9.17, 15) is 33.6 Å². The lowest BCUT2D eigenvalue weighted by atomic mass is 9.83. The van der Waals surface area contributed by atoms with E-state index >= 15 is 0 Å². The van der Waals surface area contributed by atoms with Crippen LogP contribution in [0, 0.1) is 71.0 Å². The van der Waals surface area contributed by atoms with Gasteiger partial charge in [-0.25, -0.2) is 0 Å². The minimum atomic E-state index is -0.660. The van der Waals surface area contributed by atoms with E-state index < -0.39 is 47.9 Å². The zero-order chi connectivity index (χ0) is 41.0. The van der Waals surface area contributed by atoms with E-state index in [0.717, 1.165) is 12.8 Å². The van der Waals surface area contributed by atoms with Gasteiger partial charge in [-0.3, -0.25) is 33.6 Å². The van der Waals surface area contributed by atoms with Crippen molar-refractivity contribution in [3.05, 3.63) is 61.8 Å². The molecule has 0 amide bonds. The fraction of sp³-hybridized carbons (Fsp3) is 0.550. The minimum Gasteiger partial charge on any atom is -0.469 e. The van der Waals surface area contributed by atoms with Crippen molar-refractivity contribution < 1.29 is 76.3 Å². The van der Waals surface area contributed by atoms with Gasteiger partial charge in [-0.1, -0.05) is 55.5 Å². The molecule has 4 bridgehead atoms. The summed E-state index contributed by atoms with van der Waals surface area (Å²) in [6.07, 6.45) is 15.1. The molecule has 0 spiro atoms. The fourth-order valence-corrected chi connectivity index (χ4v) is 9.38. The molecule has 3 aliphatic carbocycles. The van der Waals surface area contributed by atoms with Gasteiger partial charge in [0.1, 0.15) is 23.7 Å². The molecule has 16 unspecified atom stereocenters. The molecule has 5 aliphatic heterocycles. The Labute approximate surface area is 322 Å². The third-order valence-electron chi connectivity index (χ3n) is 12.0. The van der Waals surface area contributed by atoms with E-state index in [4.69, 9.17) is 38.0 Å². The summed E-state index contributed by atoms with van der Waals surface area (Å²) in [6.45, 7) is 9.55. The number of esters is 7. The van der Waals surface area contributed by atoms with Gasteiger partial charge in [-0.05, 0) is 42.4 Å². The third-order valence-corrected chi connectivity index (χ3v) is 12.0. The standard InChI is InChI=1S/C20H24O6.C11H14O4.C8H6O4.CO2/c1-5-11-9-12(15(10(11)3)18(21)24-4)7-8-14-17-16(13(6-2)25-14)19(22)26-20(17)23;1-14-10(12)8-6-3-4-7(5-6)9(8)11(13)15-2;9-7-5-3-1-2-4(11-3)6(5)8(10)12-7;2-1-3/h5-8,10-17H,1-2,9H2,3-4H3;3-4,6-9H,5H2,1-2H3;1-6H;. The normalized spacial score (nSPS) is 39.8. The van der Waals surface area contributed by atoms with Crippen LogP contribution in [0.25, 0.3) is 0 Å². The zero-order valence-corrected chi connectivity index (χ0v) is 31.2. The maximum absolute atomic E-state index is 12.2. The average Bonchev–Trinajstić information content (AvgIpc) is 4.06. The Bertz CT molecular complexity index is 1690. The van der Waals surface area contributed by atoms with Gasteiger partial charge in [0.25, 0.3) is 0 Å². The summed E-state index contributed by atoms with van der Waals surface area (Å²) in [5.41, 5.74) is 0. The predicted molar refractivity (Wildman–Crippen MR) is 185 cm³/mol. The van der Waals surface area contributed by atoms with E-state index in [0.29, 0.717) is 0 Å². The Balaban J connectivity index is 0.000000168. The summed E-state index contributed by atoms with van der Waals surface area (Å²) in [7, 11) is 4.09. The van der Waals surface area contributed by atoms with Gasteiger partial charge >= 0.3 is 47.9 Å². The van der Waals surface area contributed by atoms with Crippen molar-refractivity contribution in [1.82, 2.24) is 0 Å². The van der Waals surface area contributed by atoms with Crippen LogP contribution in [0.4, 0.5) is 0 Å². The number of fused-ring (bicyclic) bond motifs is 8. The smallest absolute Gasteiger partial charge is 0.373 e. The number of cyclic esters (lactones) is 4. The second-order valence-electron chi connectivity index (χ2n) is 14.6. The Hall–Kier alpha value is -5.31. The maximum atomic E-state index is 12.2. The number of rotatable bonds is 7. The Morgan fingerprint density at radius 1 is 0.625 bits per heavy atom. The average molecular weight is 781 g/mol. The summed E-state index contributed by atoms with van der Waals surface area (Å²) in [5, 5.41) is 0. The first-order chi connectivity index (χ1) is 26.8. The van der Waals surface area contributed by atoms with Crippen LogP contribution in [0.15, 0.2) is 61.8 Å². The summed E-state index contributed by atoms with van der Waals surface area (Å²) in [4.78, 5) is 97.7. The second-order valence-corrected chi connectivity index (χ2v) is 14.6. The van der Waals surface area contributed by atoms with Gasteiger partial charge in [0.2, 0.25) is 0 Å². The first-order valence-corrected chi connectivity index (χ1v) is 18.1. The van der Waals surface area contributed by atoms with Gasteiger partial charge in [-0.2, -0.15) is 9.59 Å². The van der Waals surface area contributed by atoms with Crippen LogP contribution in [-0.4, -0.2) is 93.7 Å². The topological polar surface area (TPSA) is 218 Å². The number of carbonyl (C=O) groups excluding carboxylic acids is 9. The maximum Gasteiger partial charge on any atom is 0.373 e. The molecule has 0 radical (unpaired) electrons. The van der Waals surface area contributed by atoms with Crippen LogP contribution >= 0.6 is 0 Å². The largest absolute Gasteiger partial charge is 0.469 e. The number of methoxy groups -OCH3 is 3. The minimum absolute atomic E-state index is 0.0431. The molecule has 300 valence electrons. The van der Waals surface area contributed by atoms with E-state index in [2.05, 4.69) is 17.9 Å². The molecule has 2 saturated carbocycles. The van der Waals surface area contributed by atoms with Crippen LogP contribution in [0.5, 0.6) is 0 Å². The molecule has 8 aliphatic rings. The van der Waals surface area contributed by atoms with Crippen LogP contribution in [0.1, 0.15) is 19.8 Å². The lowest BCUT2D eigenvalue weighted by Gasteiger charge is -2.23. The molecular formula is C40H44O16. The molecule has 5 heterocycles. The van der Waals surface area contributed by atoms with Crippen LogP contribution in [0.3, 0.4) is 0 Å². The highest BCUT2D eigenvalue weighted by molar-refractivity contribution is 5.99. The van der Waals surface area contributed by atoms with Gasteiger partial charge in [0, 0.05) is 0 Å². The van der Waals surface area contributed by atoms with Gasteiger partial charge in [0.05, 0.1) is 63.5 Å². The summed E-state index contributed by atoms with van der Waals surface area (Å²) < 4.78 is 34.9. The molecule has 6 fully saturated rings. The van der Waals surface area contributed by atoms with Crippen LogP contribution in [0.2, 0.25) is 0 Å². The van der Waals surface area contributed by atoms with Gasteiger partial charge in [-0.15, -0.1) is 13.2 Å². The van der Waals surface area contributed by atoms with Crippen molar-refractivity contribution in [1.29, 1.82) is 0 Å². The molecule has 4 saturated heterocycles. The van der Waals surface area contributed by atoms with Crippen molar-refractivity contribution in [3.63, 3.8) is 0 Å². The monoisotopic (exact) mass is 780 g/mol. The van der Waals surface area contributed by atoms with Crippen LogP contribution < -0.4 is 0 Å². The number of ether oxygens (including phenoxy) is 7. The Morgan fingerprint density at radius 3 is 1.52 bits per heavy atom. The summed E-state index contributed by atoms with van der Waals surface area (Å²) >= 11 is 0. The van der Waals surface area contributed by atoms with E-state index in [1.807, 2.05) is 43.4 Å². The van der Waals surface area contributed by atoms with Crippen molar-refractivity contribution in [2.75, 3.05) is 21.3 Å². The molecule has 56 heavy (non-hydrogen) atoms. The fourth-order valence-electron chi connectivity index (χ4n) is 9.38. The van der Waals surface area contributed by atoms with E-state index in [1.54, 1.807) is 6.08 Å². The molecule has 0 aromatic carbocycles. The molecule has 0 aromatic rings. The second kappa shape index (κ2) is 17.7. The predicted octanol–water partition coefficient (Wildman–Crippen LogP) is 1.89. The van der Waals surface area contributed by atoms with Gasteiger partial charge in [0.15, 0.2) is 0 Å².